The number of carbonyl (C=O) groups excluding carboxylic acids is 2. The summed E-state index contributed by atoms with van der Waals surface area (Å²) < 4.78 is 26.1. The van der Waals surface area contributed by atoms with Crippen LogP contribution in [0.25, 0.3) is 0 Å². The molecule has 198 valence electrons. The van der Waals surface area contributed by atoms with Crippen molar-refractivity contribution in [3.05, 3.63) is 65.2 Å². The molecule has 0 saturated heterocycles. The summed E-state index contributed by atoms with van der Waals surface area (Å²) in [5.74, 6) is -0.364. The summed E-state index contributed by atoms with van der Waals surface area (Å²) in [4.78, 5) is 28.1. The first-order chi connectivity index (χ1) is 16.8. The summed E-state index contributed by atoms with van der Waals surface area (Å²) in [5, 5.41) is 3.50. The summed E-state index contributed by atoms with van der Waals surface area (Å²) in [6.45, 7) is 8.15. The topological polar surface area (TPSA) is 86.8 Å². The van der Waals surface area contributed by atoms with E-state index >= 15 is 0 Å². The molecule has 0 spiro atoms. The monoisotopic (exact) mass is 535 g/mol. The fourth-order valence-corrected chi connectivity index (χ4v) is 5.05. The molecule has 0 saturated carbocycles. The van der Waals surface area contributed by atoms with Gasteiger partial charge in [-0.25, -0.2) is 8.42 Å². The minimum absolute atomic E-state index is 0.119. The van der Waals surface area contributed by atoms with Gasteiger partial charge in [-0.1, -0.05) is 48.9 Å². The van der Waals surface area contributed by atoms with Gasteiger partial charge in [0.05, 0.1) is 11.9 Å². The average Bonchev–Trinajstić information content (AvgIpc) is 2.78. The number of amides is 2. The van der Waals surface area contributed by atoms with Crippen molar-refractivity contribution < 1.29 is 18.0 Å². The van der Waals surface area contributed by atoms with Crippen molar-refractivity contribution in [1.82, 2.24) is 10.2 Å². The first-order valence-corrected chi connectivity index (χ1v) is 14.4. The summed E-state index contributed by atoms with van der Waals surface area (Å²) in [6, 6.07) is 15.8. The third-order valence-corrected chi connectivity index (χ3v) is 7.08. The Morgan fingerprint density at radius 1 is 1.00 bits per heavy atom. The van der Waals surface area contributed by atoms with Gasteiger partial charge in [0, 0.05) is 30.1 Å². The van der Waals surface area contributed by atoms with Crippen molar-refractivity contribution in [3.8, 4) is 0 Å². The van der Waals surface area contributed by atoms with Crippen molar-refractivity contribution >= 4 is 39.1 Å². The molecule has 9 heteroatoms. The Kier molecular flexibility index (Phi) is 10.8. The van der Waals surface area contributed by atoms with Crippen LogP contribution in [0.4, 0.5) is 5.69 Å². The zero-order chi connectivity index (χ0) is 26.9. The van der Waals surface area contributed by atoms with Crippen molar-refractivity contribution in [2.24, 2.45) is 0 Å². The van der Waals surface area contributed by atoms with Gasteiger partial charge in [-0.2, -0.15) is 0 Å². The number of hydrogen-bond donors (Lipinski definition) is 1. The molecule has 0 radical (unpaired) electrons. The van der Waals surface area contributed by atoms with Gasteiger partial charge in [0.15, 0.2) is 0 Å². The van der Waals surface area contributed by atoms with Gasteiger partial charge in [0.2, 0.25) is 21.8 Å². The number of sulfonamides is 1. The molecular formula is C27H38ClN3O4S. The van der Waals surface area contributed by atoms with Gasteiger partial charge < -0.3 is 10.2 Å². The first-order valence-electron chi connectivity index (χ1n) is 12.2. The molecule has 0 aliphatic heterocycles. The Morgan fingerprint density at radius 2 is 1.61 bits per heavy atom. The fraction of sp³-hybridized carbons (Fsp3) is 0.481. The van der Waals surface area contributed by atoms with Crippen molar-refractivity contribution in [2.75, 3.05) is 23.7 Å². The number of benzene rings is 2. The number of hydrogen-bond acceptors (Lipinski definition) is 4. The molecule has 36 heavy (non-hydrogen) atoms. The van der Waals surface area contributed by atoms with Crippen LogP contribution in [0.5, 0.6) is 0 Å². The van der Waals surface area contributed by atoms with Crippen molar-refractivity contribution in [1.29, 1.82) is 0 Å². The molecule has 0 aliphatic carbocycles. The quantitative estimate of drug-likeness (QED) is 0.428. The molecule has 2 aromatic rings. The van der Waals surface area contributed by atoms with E-state index in [1.165, 1.54) is 4.31 Å². The number of carbonyl (C=O) groups is 2. The number of nitrogens with zero attached hydrogens (tertiary/aromatic N) is 2. The lowest BCUT2D eigenvalue weighted by Gasteiger charge is -2.33. The highest BCUT2D eigenvalue weighted by Gasteiger charge is 2.30. The average molecular weight is 536 g/mol. The predicted octanol–water partition coefficient (Wildman–Crippen LogP) is 4.65. The second kappa shape index (κ2) is 13.1. The molecule has 0 unspecified atom stereocenters. The lowest BCUT2D eigenvalue weighted by atomic mass is 10.0. The molecule has 2 amide bonds. The van der Waals surface area contributed by atoms with E-state index in [0.717, 1.165) is 11.8 Å². The minimum atomic E-state index is -3.55. The molecule has 0 heterocycles. The maximum atomic E-state index is 13.4. The van der Waals surface area contributed by atoms with E-state index in [9.17, 15) is 18.0 Å². The van der Waals surface area contributed by atoms with Crippen LogP contribution in [0.2, 0.25) is 5.02 Å². The molecule has 0 fully saturated rings. The summed E-state index contributed by atoms with van der Waals surface area (Å²) in [6.07, 6.45) is 2.66. The second-order valence-corrected chi connectivity index (χ2v) is 12.2. The van der Waals surface area contributed by atoms with Crippen LogP contribution >= 0.6 is 11.6 Å². The summed E-state index contributed by atoms with van der Waals surface area (Å²) in [7, 11) is -3.55. The minimum Gasteiger partial charge on any atom is -0.350 e. The van der Waals surface area contributed by atoms with Crippen LogP contribution < -0.4 is 9.62 Å². The highest BCUT2D eigenvalue weighted by molar-refractivity contribution is 7.92. The molecule has 1 atom stereocenters. The number of nitrogens with one attached hydrogen (secondary N) is 1. The molecule has 0 aromatic heterocycles. The van der Waals surface area contributed by atoms with Gasteiger partial charge in [0.25, 0.3) is 0 Å². The Bertz CT molecular complexity index is 1100. The lowest BCUT2D eigenvalue weighted by molar-refractivity contribution is -0.141. The van der Waals surface area contributed by atoms with E-state index in [4.69, 9.17) is 11.6 Å². The molecule has 2 aromatic carbocycles. The number of anilines is 1. The molecular weight excluding hydrogens is 498 g/mol. The Balaban J connectivity index is 2.17. The number of rotatable bonds is 12. The summed E-state index contributed by atoms with van der Waals surface area (Å²) >= 11 is 5.94. The normalized spacial score (nSPS) is 12.6. The van der Waals surface area contributed by atoms with Crippen LogP contribution in [0.1, 0.15) is 52.5 Å². The van der Waals surface area contributed by atoms with E-state index in [1.54, 1.807) is 29.2 Å². The lowest BCUT2D eigenvalue weighted by Crippen LogP contribution is -2.54. The van der Waals surface area contributed by atoms with Crippen molar-refractivity contribution in [2.45, 2.75) is 65.0 Å². The highest BCUT2D eigenvalue weighted by Crippen LogP contribution is 2.21. The highest BCUT2D eigenvalue weighted by atomic mass is 35.5. The molecule has 2 rings (SSSR count). The van der Waals surface area contributed by atoms with E-state index in [0.29, 0.717) is 36.5 Å². The standard InChI is InChI=1S/C27H38ClN3O4S/c1-6-24(26(33)29-27(2,3)4)30(20-18-21-11-8-7-9-12-21)25(32)13-10-19-31(36(5,34)35)23-16-14-22(28)15-17-23/h7-9,11-12,14-17,24H,6,10,13,18-20H2,1-5H3,(H,29,33)/t24-/m1/s1. The van der Waals surface area contributed by atoms with Crippen molar-refractivity contribution in [3.63, 3.8) is 0 Å². The van der Waals surface area contributed by atoms with E-state index in [-0.39, 0.29) is 24.8 Å². The predicted molar refractivity (Wildman–Crippen MR) is 147 cm³/mol. The van der Waals surface area contributed by atoms with Gasteiger partial charge >= 0.3 is 0 Å². The van der Waals surface area contributed by atoms with Crippen LogP contribution in [0.3, 0.4) is 0 Å². The third-order valence-electron chi connectivity index (χ3n) is 5.64. The van der Waals surface area contributed by atoms with Crippen LogP contribution in [-0.4, -0.2) is 56.1 Å². The second-order valence-electron chi connectivity index (χ2n) is 9.90. The van der Waals surface area contributed by atoms with Gasteiger partial charge in [-0.05, 0) is 69.9 Å². The van der Waals surface area contributed by atoms with Gasteiger partial charge in [0.1, 0.15) is 6.04 Å². The fourth-order valence-electron chi connectivity index (χ4n) is 3.96. The Morgan fingerprint density at radius 3 is 2.14 bits per heavy atom. The molecule has 7 nitrogen and oxygen atoms in total. The van der Waals surface area contributed by atoms with E-state index in [2.05, 4.69) is 5.32 Å². The number of halogens is 1. The van der Waals surface area contributed by atoms with Gasteiger partial charge in [-0.15, -0.1) is 0 Å². The Hall–Kier alpha value is -2.58. The van der Waals surface area contributed by atoms with Crippen LogP contribution in [-0.2, 0) is 26.0 Å². The zero-order valence-corrected chi connectivity index (χ0v) is 23.4. The van der Waals surface area contributed by atoms with Crippen LogP contribution in [0.15, 0.2) is 54.6 Å². The van der Waals surface area contributed by atoms with Gasteiger partial charge in [-0.3, -0.25) is 13.9 Å². The zero-order valence-electron chi connectivity index (χ0n) is 21.8. The Labute approximate surface area is 220 Å². The molecule has 1 N–H and O–H groups in total. The van der Waals surface area contributed by atoms with E-state index in [1.807, 2.05) is 58.0 Å². The summed E-state index contributed by atoms with van der Waals surface area (Å²) in [5.41, 5.74) is 1.14. The first kappa shape index (κ1) is 29.6. The molecule has 0 bridgehead atoms. The SMILES string of the molecule is CC[C@H](C(=O)NC(C)(C)C)N(CCc1ccccc1)C(=O)CCCN(c1ccc(Cl)cc1)S(C)(=O)=O. The van der Waals surface area contributed by atoms with Crippen LogP contribution in [0, 0.1) is 0 Å². The maximum Gasteiger partial charge on any atom is 0.243 e. The largest absolute Gasteiger partial charge is 0.350 e. The van der Waals surface area contributed by atoms with E-state index < -0.39 is 21.6 Å². The molecule has 0 aliphatic rings. The smallest absolute Gasteiger partial charge is 0.243 e. The maximum absolute atomic E-state index is 13.4. The third kappa shape index (κ3) is 9.47.